The summed E-state index contributed by atoms with van der Waals surface area (Å²) in [5, 5.41) is 23.1. The maximum absolute atomic E-state index is 12.5. The van der Waals surface area contributed by atoms with Crippen LogP contribution in [-0.2, 0) is 9.59 Å². The van der Waals surface area contributed by atoms with Gasteiger partial charge in [0.05, 0.1) is 37.2 Å². The van der Waals surface area contributed by atoms with Crippen molar-refractivity contribution in [2.75, 3.05) is 19.5 Å². The Morgan fingerprint density at radius 3 is 2.78 bits per heavy atom. The number of hydrogen-bond donors (Lipinski definition) is 2. The third-order valence-electron chi connectivity index (χ3n) is 4.02. The maximum Gasteiger partial charge on any atom is 0.433 e. The van der Waals surface area contributed by atoms with Gasteiger partial charge in [-0.2, -0.15) is 5.10 Å². The molecular weight excluding hydrogens is 466 g/mol. The van der Waals surface area contributed by atoms with Crippen molar-refractivity contribution >= 4 is 58.1 Å². The van der Waals surface area contributed by atoms with Gasteiger partial charge >= 0.3 is 5.88 Å². The molecule has 1 aliphatic rings. The van der Waals surface area contributed by atoms with Crippen LogP contribution in [0.15, 0.2) is 38.9 Å². The summed E-state index contributed by atoms with van der Waals surface area (Å²) >= 11 is 7.07. The van der Waals surface area contributed by atoms with E-state index in [-0.39, 0.29) is 17.3 Å². The predicted molar refractivity (Wildman–Crippen MR) is 118 cm³/mol. The minimum absolute atomic E-state index is 0.124. The highest BCUT2D eigenvalue weighted by Gasteiger charge is 2.32. The summed E-state index contributed by atoms with van der Waals surface area (Å²) in [4.78, 5) is 34.5. The summed E-state index contributed by atoms with van der Waals surface area (Å²) in [5.74, 6) is -0.462. The van der Waals surface area contributed by atoms with Crippen LogP contribution >= 0.6 is 23.4 Å². The quantitative estimate of drug-likeness (QED) is 0.331. The van der Waals surface area contributed by atoms with Crippen LogP contribution in [-0.4, -0.2) is 47.6 Å². The second-order valence-electron chi connectivity index (χ2n) is 6.12. The molecule has 0 bridgehead atoms. The fourth-order valence-electron chi connectivity index (χ4n) is 2.56. The average molecular weight is 482 g/mol. The van der Waals surface area contributed by atoms with Gasteiger partial charge in [0, 0.05) is 18.6 Å². The number of methoxy groups -OCH3 is 2. The highest BCUT2D eigenvalue weighted by molar-refractivity contribution is 8.15. The number of halogens is 1. The lowest BCUT2D eigenvalue weighted by atomic mass is 10.2. The van der Waals surface area contributed by atoms with E-state index in [0.717, 1.165) is 18.0 Å². The molecule has 1 saturated heterocycles. The number of amidine groups is 1. The zero-order valence-corrected chi connectivity index (χ0v) is 18.2. The minimum atomic E-state index is -0.728. The number of nitro groups is 1. The molecule has 1 aliphatic heterocycles. The normalized spacial score (nSPS) is 16.9. The second kappa shape index (κ2) is 10.2. The number of hydrogen-bond acceptors (Lipinski definition) is 10. The first-order valence-corrected chi connectivity index (χ1v) is 10.1. The fraction of sp³-hybridized carbons (Fsp3) is 0.222. The van der Waals surface area contributed by atoms with E-state index in [9.17, 15) is 19.7 Å². The third kappa shape index (κ3) is 5.56. The largest absolute Gasteiger partial charge is 0.495 e. The topological polar surface area (TPSA) is 158 Å². The monoisotopic (exact) mass is 481 g/mol. The van der Waals surface area contributed by atoms with Crippen molar-refractivity contribution in [2.24, 2.45) is 10.2 Å². The summed E-state index contributed by atoms with van der Waals surface area (Å²) in [7, 11) is 2.87. The Labute approximate surface area is 190 Å². The molecule has 0 saturated carbocycles. The summed E-state index contributed by atoms with van der Waals surface area (Å²) < 4.78 is 15.3. The average Bonchev–Trinajstić information content (AvgIpc) is 3.36. The Morgan fingerprint density at radius 2 is 2.12 bits per heavy atom. The van der Waals surface area contributed by atoms with E-state index in [1.54, 1.807) is 0 Å². The molecule has 0 radical (unpaired) electrons. The van der Waals surface area contributed by atoms with Gasteiger partial charge in [0.1, 0.15) is 21.7 Å². The van der Waals surface area contributed by atoms with Gasteiger partial charge in [-0.05, 0) is 6.07 Å². The number of rotatable bonds is 8. The Hall–Kier alpha value is -3.58. The molecule has 1 atom stereocenters. The highest BCUT2D eigenvalue weighted by atomic mass is 35.5. The van der Waals surface area contributed by atoms with E-state index in [2.05, 4.69) is 20.8 Å². The van der Waals surface area contributed by atoms with Gasteiger partial charge in [-0.25, -0.2) is 0 Å². The fourth-order valence-corrected chi connectivity index (χ4v) is 3.72. The number of thioether (sulfide) groups is 1. The van der Waals surface area contributed by atoms with Gasteiger partial charge in [0.2, 0.25) is 11.8 Å². The predicted octanol–water partition coefficient (Wildman–Crippen LogP) is 2.81. The summed E-state index contributed by atoms with van der Waals surface area (Å²) in [6.45, 7) is 0. The van der Waals surface area contributed by atoms with Gasteiger partial charge in [-0.3, -0.25) is 19.7 Å². The standard InChI is InChI=1S/C18H16ClN5O7S/c1-29-12-6-11(13(30-2)5-10(12)19)21-15(25)7-14-17(26)22-18(32-14)23-20-8-9-3-4-16(31-9)24(27)28/h3-6,8,14H,7H2,1-2H3,(H,21,25)(H,22,23,26). The Morgan fingerprint density at radius 1 is 1.38 bits per heavy atom. The van der Waals surface area contributed by atoms with Crippen LogP contribution in [0.1, 0.15) is 12.2 Å². The number of carbonyl (C=O) groups is 2. The number of carbonyl (C=O) groups excluding carboxylic acids is 2. The second-order valence-corrected chi connectivity index (χ2v) is 7.72. The third-order valence-corrected chi connectivity index (χ3v) is 5.39. The van der Waals surface area contributed by atoms with Crippen molar-refractivity contribution in [3.05, 3.63) is 45.2 Å². The van der Waals surface area contributed by atoms with Crippen molar-refractivity contribution < 1.29 is 28.4 Å². The van der Waals surface area contributed by atoms with Crippen LogP contribution in [0.25, 0.3) is 0 Å². The van der Waals surface area contributed by atoms with E-state index in [0.29, 0.717) is 22.2 Å². The molecule has 14 heteroatoms. The number of nitrogens with one attached hydrogen (secondary N) is 2. The summed E-state index contributed by atoms with van der Waals surface area (Å²) in [6, 6.07) is 5.56. The Kier molecular flexibility index (Phi) is 7.33. The first-order valence-electron chi connectivity index (χ1n) is 8.85. The molecule has 1 aromatic carbocycles. The number of nitrogens with zero attached hydrogens (tertiary/aromatic N) is 3. The highest BCUT2D eigenvalue weighted by Crippen LogP contribution is 2.36. The maximum atomic E-state index is 12.5. The molecule has 168 valence electrons. The molecule has 1 unspecified atom stereocenters. The van der Waals surface area contributed by atoms with Crippen LogP contribution in [0, 0.1) is 10.1 Å². The van der Waals surface area contributed by atoms with Crippen molar-refractivity contribution in [1.82, 2.24) is 5.32 Å². The van der Waals surface area contributed by atoms with Crippen LogP contribution in [0.4, 0.5) is 11.6 Å². The molecule has 32 heavy (non-hydrogen) atoms. The van der Waals surface area contributed by atoms with Gasteiger partial charge in [0.15, 0.2) is 10.9 Å². The van der Waals surface area contributed by atoms with E-state index in [1.807, 2.05) is 0 Å². The number of ether oxygens (including phenoxy) is 2. The van der Waals surface area contributed by atoms with E-state index in [1.165, 1.54) is 38.5 Å². The SMILES string of the molecule is COc1cc(NC(=O)CC2S/C(=N/N=Cc3ccc([N+](=O)[O-])o3)NC2=O)c(OC)cc1Cl. The van der Waals surface area contributed by atoms with E-state index in [4.69, 9.17) is 25.5 Å². The molecular formula is C18H16ClN5O7S. The van der Waals surface area contributed by atoms with Crippen LogP contribution < -0.4 is 20.1 Å². The number of amides is 2. The lowest BCUT2D eigenvalue weighted by Crippen LogP contribution is -2.28. The van der Waals surface area contributed by atoms with Crippen LogP contribution in [0.3, 0.4) is 0 Å². The molecule has 1 fully saturated rings. The smallest absolute Gasteiger partial charge is 0.433 e. The number of furan rings is 1. The molecule has 2 heterocycles. The summed E-state index contributed by atoms with van der Waals surface area (Å²) in [5.41, 5.74) is 0.341. The molecule has 0 spiro atoms. The van der Waals surface area contributed by atoms with Gasteiger partial charge in [-0.15, -0.1) is 5.10 Å². The summed E-state index contributed by atoms with van der Waals surface area (Å²) in [6.07, 6.45) is 1.02. The van der Waals surface area contributed by atoms with E-state index < -0.39 is 27.9 Å². The van der Waals surface area contributed by atoms with Crippen molar-refractivity contribution in [3.63, 3.8) is 0 Å². The van der Waals surface area contributed by atoms with Crippen LogP contribution in [0.2, 0.25) is 5.02 Å². The molecule has 1 aromatic heterocycles. The molecule has 0 aliphatic carbocycles. The van der Waals surface area contributed by atoms with Gasteiger partial charge in [0.25, 0.3) is 0 Å². The molecule has 12 nitrogen and oxygen atoms in total. The molecule has 2 aromatic rings. The van der Waals surface area contributed by atoms with E-state index >= 15 is 0 Å². The van der Waals surface area contributed by atoms with Crippen LogP contribution in [0.5, 0.6) is 11.5 Å². The zero-order chi connectivity index (χ0) is 23.3. The van der Waals surface area contributed by atoms with Gasteiger partial charge in [-0.1, -0.05) is 23.4 Å². The Bertz CT molecular complexity index is 1120. The van der Waals surface area contributed by atoms with Crippen molar-refractivity contribution in [3.8, 4) is 11.5 Å². The first kappa shape index (κ1) is 23.1. The first-order chi connectivity index (χ1) is 15.3. The lowest BCUT2D eigenvalue weighted by molar-refractivity contribution is -0.402. The molecule has 2 N–H and O–H groups in total. The number of anilines is 1. The molecule has 3 rings (SSSR count). The van der Waals surface area contributed by atoms with Gasteiger partial charge < -0.3 is 24.5 Å². The minimum Gasteiger partial charge on any atom is -0.495 e. The number of benzene rings is 1. The van der Waals surface area contributed by atoms with Crippen molar-refractivity contribution in [2.45, 2.75) is 11.7 Å². The molecule has 2 amide bonds. The van der Waals surface area contributed by atoms with Crippen molar-refractivity contribution in [1.29, 1.82) is 0 Å². The zero-order valence-electron chi connectivity index (χ0n) is 16.7. The lowest BCUT2D eigenvalue weighted by Gasteiger charge is -2.13. The Balaban J connectivity index is 1.60.